The number of benzene rings is 1. The quantitative estimate of drug-likeness (QED) is 0.727. The van der Waals surface area contributed by atoms with E-state index in [2.05, 4.69) is 67.7 Å². The molecule has 116 valence electrons. The van der Waals surface area contributed by atoms with E-state index in [1.54, 1.807) is 5.57 Å². The molecule has 1 heteroatoms. The first-order chi connectivity index (χ1) is 10.8. The van der Waals surface area contributed by atoms with E-state index in [1.807, 2.05) is 0 Å². The lowest BCUT2D eigenvalue weighted by atomic mass is 9.74. The minimum absolute atomic E-state index is 0.206. The lowest BCUT2D eigenvalue weighted by molar-refractivity contribution is 0.472. The van der Waals surface area contributed by atoms with Gasteiger partial charge in [-0.1, -0.05) is 68.8 Å². The van der Waals surface area contributed by atoms with E-state index in [-0.39, 0.29) is 5.41 Å². The average molecular weight is 293 g/mol. The van der Waals surface area contributed by atoms with Crippen molar-refractivity contribution < 1.29 is 0 Å². The van der Waals surface area contributed by atoms with Crippen LogP contribution < -0.4 is 5.32 Å². The molecule has 0 spiro atoms. The minimum Gasteiger partial charge on any atom is -0.317 e. The summed E-state index contributed by atoms with van der Waals surface area (Å²) >= 11 is 0. The van der Waals surface area contributed by atoms with Gasteiger partial charge in [-0.3, -0.25) is 0 Å². The Kier molecular flexibility index (Phi) is 4.63. The zero-order chi connectivity index (χ0) is 15.4. The average Bonchev–Trinajstić information content (AvgIpc) is 2.72. The van der Waals surface area contributed by atoms with Gasteiger partial charge in [-0.05, 0) is 54.6 Å². The fourth-order valence-electron chi connectivity index (χ4n) is 3.95. The molecule has 2 aliphatic carbocycles. The van der Waals surface area contributed by atoms with Crippen molar-refractivity contribution in [1.29, 1.82) is 0 Å². The molecule has 3 rings (SSSR count). The van der Waals surface area contributed by atoms with Crippen LogP contribution in [0.15, 0.2) is 54.1 Å². The van der Waals surface area contributed by atoms with Crippen LogP contribution in [-0.2, 0) is 5.41 Å². The third kappa shape index (κ3) is 2.70. The van der Waals surface area contributed by atoms with E-state index in [0.29, 0.717) is 0 Å². The van der Waals surface area contributed by atoms with Gasteiger partial charge < -0.3 is 5.32 Å². The van der Waals surface area contributed by atoms with Crippen LogP contribution in [0.3, 0.4) is 0 Å². The molecule has 1 atom stereocenters. The van der Waals surface area contributed by atoms with Gasteiger partial charge in [0.2, 0.25) is 0 Å². The number of allylic oxidation sites excluding steroid dienone is 6. The maximum absolute atomic E-state index is 3.44. The van der Waals surface area contributed by atoms with Gasteiger partial charge in [-0.25, -0.2) is 0 Å². The van der Waals surface area contributed by atoms with E-state index in [1.165, 1.54) is 36.0 Å². The van der Waals surface area contributed by atoms with Crippen LogP contribution in [0.25, 0.3) is 5.57 Å². The summed E-state index contributed by atoms with van der Waals surface area (Å²) in [6.07, 6.45) is 13.9. The summed E-state index contributed by atoms with van der Waals surface area (Å²) in [7, 11) is 0. The molecular formula is C21H27N. The van der Waals surface area contributed by atoms with Crippen LogP contribution in [0.2, 0.25) is 0 Å². The molecule has 0 amide bonds. The maximum atomic E-state index is 3.44. The molecule has 0 heterocycles. The predicted octanol–water partition coefficient (Wildman–Crippen LogP) is 5.01. The number of nitrogens with one attached hydrogen (secondary N) is 1. The number of hydrogen-bond acceptors (Lipinski definition) is 1. The van der Waals surface area contributed by atoms with Crippen LogP contribution in [0.5, 0.6) is 0 Å². The summed E-state index contributed by atoms with van der Waals surface area (Å²) in [4.78, 5) is 0. The SMILES string of the molecule is CCNCCCCC1(C)C2=C(C=CC=CC2)c2ccccc21. The minimum atomic E-state index is 0.206. The van der Waals surface area contributed by atoms with Crippen molar-refractivity contribution in [2.24, 2.45) is 0 Å². The van der Waals surface area contributed by atoms with Gasteiger partial charge in [0.1, 0.15) is 0 Å². The molecule has 0 aliphatic heterocycles. The fraction of sp³-hybridized carbons (Fsp3) is 0.429. The number of hydrogen-bond donors (Lipinski definition) is 1. The monoisotopic (exact) mass is 293 g/mol. The Hall–Kier alpha value is -1.60. The molecule has 1 aromatic carbocycles. The normalized spacial score (nSPS) is 22.6. The molecule has 0 saturated heterocycles. The van der Waals surface area contributed by atoms with Crippen molar-refractivity contribution in [2.45, 2.75) is 44.9 Å². The molecule has 22 heavy (non-hydrogen) atoms. The molecule has 1 unspecified atom stereocenters. The smallest absolute Gasteiger partial charge is 0.0152 e. The summed E-state index contributed by atoms with van der Waals surface area (Å²) in [6, 6.07) is 9.00. The molecule has 0 radical (unpaired) electrons. The summed E-state index contributed by atoms with van der Waals surface area (Å²) in [5, 5.41) is 3.44. The number of unbranched alkanes of at least 4 members (excludes halogenated alkanes) is 1. The first kappa shape index (κ1) is 15.3. The maximum Gasteiger partial charge on any atom is 0.0152 e. The second-order valence-electron chi connectivity index (χ2n) is 6.57. The van der Waals surface area contributed by atoms with Crippen LogP contribution >= 0.6 is 0 Å². The Bertz CT molecular complexity index is 621. The Morgan fingerprint density at radius 3 is 2.86 bits per heavy atom. The summed E-state index contributed by atoms with van der Waals surface area (Å²) in [5.74, 6) is 0. The largest absolute Gasteiger partial charge is 0.317 e. The Labute approximate surface area is 134 Å². The van der Waals surface area contributed by atoms with E-state index in [0.717, 1.165) is 19.5 Å². The number of rotatable bonds is 6. The highest BCUT2D eigenvalue weighted by Crippen LogP contribution is 2.51. The highest BCUT2D eigenvalue weighted by atomic mass is 14.8. The first-order valence-electron chi connectivity index (χ1n) is 8.65. The van der Waals surface area contributed by atoms with Gasteiger partial charge in [-0.15, -0.1) is 0 Å². The Morgan fingerprint density at radius 2 is 2.00 bits per heavy atom. The lowest BCUT2D eigenvalue weighted by Gasteiger charge is -2.30. The fourth-order valence-corrected chi connectivity index (χ4v) is 3.95. The van der Waals surface area contributed by atoms with Crippen LogP contribution in [0, 0.1) is 0 Å². The lowest BCUT2D eigenvalue weighted by Crippen LogP contribution is -2.23. The van der Waals surface area contributed by atoms with Crippen LogP contribution in [-0.4, -0.2) is 13.1 Å². The summed E-state index contributed by atoms with van der Waals surface area (Å²) < 4.78 is 0. The standard InChI is InChI=1S/C21H27N/c1-3-22-16-10-9-15-21(2)19-13-6-4-5-11-17(19)18-12-7-8-14-20(18)21/h4-8,11-12,14,22H,3,9-10,13,15-16H2,1-2H3. The van der Waals surface area contributed by atoms with Crippen molar-refractivity contribution >= 4 is 5.57 Å². The van der Waals surface area contributed by atoms with Crippen LogP contribution in [0.4, 0.5) is 0 Å². The Balaban J connectivity index is 1.86. The van der Waals surface area contributed by atoms with E-state index < -0.39 is 0 Å². The molecule has 0 saturated carbocycles. The third-order valence-corrected chi connectivity index (χ3v) is 5.17. The molecule has 1 N–H and O–H groups in total. The first-order valence-corrected chi connectivity index (χ1v) is 8.65. The van der Waals surface area contributed by atoms with Gasteiger partial charge >= 0.3 is 0 Å². The third-order valence-electron chi connectivity index (χ3n) is 5.17. The Morgan fingerprint density at radius 1 is 1.14 bits per heavy atom. The van der Waals surface area contributed by atoms with E-state index in [4.69, 9.17) is 0 Å². The topological polar surface area (TPSA) is 12.0 Å². The molecule has 0 fully saturated rings. The second kappa shape index (κ2) is 6.66. The van der Waals surface area contributed by atoms with Gasteiger partial charge in [0.05, 0.1) is 0 Å². The molecule has 2 aliphatic rings. The predicted molar refractivity (Wildman–Crippen MR) is 96.0 cm³/mol. The van der Waals surface area contributed by atoms with E-state index >= 15 is 0 Å². The second-order valence-corrected chi connectivity index (χ2v) is 6.57. The van der Waals surface area contributed by atoms with Crippen molar-refractivity contribution in [2.75, 3.05) is 13.1 Å². The van der Waals surface area contributed by atoms with Gasteiger partial charge in [0.15, 0.2) is 0 Å². The van der Waals surface area contributed by atoms with Crippen molar-refractivity contribution in [1.82, 2.24) is 5.32 Å². The molecule has 0 aromatic heterocycles. The molecular weight excluding hydrogens is 266 g/mol. The zero-order valence-corrected chi connectivity index (χ0v) is 13.9. The molecule has 1 aromatic rings. The summed E-state index contributed by atoms with van der Waals surface area (Å²) in [5.41, 5.74) is 6.27. The molecule has 0 bridgehead atoms. The highest BCUT2D eigenvalue weighted by molar-refractivity contribution is 5.86. The summed E-state index contributed by atoms with van der Waals surface area (Å²) in [6.45, 7) is 6.84. The molecule has 1 nitrogen and oxygen atoms in total. The van der Waals surface area contributed by atoms with Crippen LogP contribution in [0.1, 0.15) is 50.7 Å². The van der Waals surface area contributed by atoms with Crippen molar-refractivity contribution in [3.8, 4) is 0 Å². The zero-order valence-electron chi connectivity index (χ0n) is 13.9. The van der Waals surface area contributed by atoms with E-state index in [9.17, 15) is 0 Å². The van der Waals surface area contributed by atoms with Crippen molar-refractivity contribution in [3.63, 3.8) is 0 Å². The number of fused-ring (bicyclic) bond motifs is 2. The highest BCUT2D eigenvalue weighted by Gasteiger charge is 2.39. The van der Waals surface area contributed by atoms with Gasteiger partial charge in [-0.2, -0.15) is 0 Å². The van der Waals surface area contributed by atoms with Crippen molar-refractivity contribution in [3.05, 3.63) is 65.3 Å². The van der Waals surface area contributed by atoms with Gasteiger partial charge in [0.25, 0.3) is 0 Å². The van der Waals surface area contributed by atoms with Gasteiger partial charge in [0, 0.05) is 5.41 Å².